The fraction of sp³-hybridized carbons (Fsp3) is 0.917. The number of aliphatic hydroxyl groups excluding tert-OH is 3. The molecule has 4 atom stereocenters. The third-order valence-electron chi connectivity index (χ3n) is 2.81. The normalized spacial score (nSPS) is 24.7. The summed E-state index contributed by atoms with van der Waals surface area (Å²) in [5.41, 5.74) is -0.164. The lowest BCUT2D eigenvalue weighted by Gasteiger charge is -2.25. The van der Waals surface area contributed by atoms with Crippen LogP contribution >= 0.6 is 11.8 Å². The number of unbranched alkanes of at least 4 members (excludes halogenated alkanes) is 1. The Labute approximate surface area is 112 Å². The lowest BCUT2D eigenvalue weighted by Crippen LogP contribution is -2.41. The summed E-state index contributed by atoms with van der Waals surface area (Å²) in [7, 11) is 0. The summed E-state index contributed by atoms with van der Waals surface area (Å²) >= 11 is 1.55. The second-order valence-corrected chi connectivity index (χ2v) is 5.71. The Morgan fingerprint density at radius 2 is 2.22 bits per heavy atom. The van der Waals surface area contributed by atoms with Crippen molar-refractivity contribution in [2.75, 3.05) is 13.2 Å². The van der Waals surface area contributed by atoms with Gasteiger partial charge >= 0.3 is 0 Å². The van der Waals surface area contributed by atoms with Crippen LogP contribution in [0.15, 0.2) is 4.99 Å². The molecule has 0 aromatic carbocycles. The topological polar surface area (TPSA) is 82.3 Å². The standard InChI is InChI=1S/C12H23NO4S/c1-3-4-5-10-13-6-11(18-10)17-9(7-14)12(16)8(2)15/h8-9,11-12,14-16H,3-7H2,1-2H3/t8-,9-,11?,12+/m1/s1. The number of aliphatic imine (C=N–C) groups is 1. The van der Waals surface area contributed by atoms with Crippen molar-refractivity contribution in [1.82, 2.24) is 0 Å². The lowest BCUT2D eigenvalue weighted by molar-refractivity contribution is -0.107. The first-order chi connectivity index (χ1) is 8.58. The van der Waals surface area contributed by atoms with Crippen LogP contribution < -0.4 is 0 Å². The molecule has 18 heavy (non-hydrogen) atoms. The van der Waals surface area contributed by atoms with E-state index >= 15 is 0 Å². The van der Waals surface area contributed by atoms with E-state index in [1.54, 1.807) is 11.8 Å². The van der Waals surface area contributed by atoms with Crippen LogP contribution in [0.4, 0.5) is 0 Å². The minimum atomic E-state index is -1.07. The first-order valence-corrected chi connectivity index (χ1v) is 7.28. The molecule has 3 N–H and O–H groups in total. The predicted molar refractivity (Wildman–Crippen MR) is 72.9 cm³/mol. The highest BCUT2D eigenvalue weighted by Crippen LogP contribution is 2.26. The molecule has 0 bridgehead atoms. The van der Waals surface area contributed by atoms with E-state index in [0.29, 0.717) is 6.54 Å². The fourth-order valence-corrected chi connectivity index (χ4v) is 2.74. The highest BCUT2D eigenvalue weighted by atomic mass is 32.2. The molecule has 1 aliphatic heterocycles. The zero-order valence-corrected chi connectivity index (χ0v) is 11.8. The summed E-state index contributed by atoms with van der Waals surface area (Å²) in [4.78, 5) is 4.38. The van der Waals surface area contributed by atoms with Gasteiger partial charge in [0.05, 0.1) is 24.3 Å². The minimum absolute atomic E-state index is 0.164. The first kappa shape index (κ1) is 15.9. The monoisotopic (exact) mass is 277 g/mol. The molecule has 0 saturated carbocycles. The van der Waals surface area contributed by atoms with Gasteiger partial charge in [-0.3, -0.25) is 4.99 Å². The molecular weight excluding hydrogens is 254 g/mol. The molecule has 1 heterocycles. The number of thioether (sulfide) groups is 1. The van der Waals surface area contributed by atoms with E-state index in [9.17, 15) is 15.3 Å². The van der Waals surface area contributed by atoms with E-state index in [1.165, 1.54) is 6.92 Å². The Hall–Kier alpha value is -0.140. The number of hydrogen-bond donors (Lipinski definition) is 3. The molecule has 0 aromatic heterocycles. The highest BCUT2D eigenvalue weighted by molar-refractivity contribution is 8.14. The first-order valence-electron chi connectivity index (χ1n) is 6.40. The zero-order chi connectivity index (χ0) is 13.5. The number of nitrogens with zero attached hydrogens (tertiary/aromatic N) is 1. The van der Waals surface area contributed by atoms with Crippen LogP contribution in [0.5, 0.6) is 0 Å². The second-order valence-electron chi connectivity index (χ2n) is 4.47. The molecule has 1 aliphatic rings. The quantitative estimate of drug-likeness (QED) is 0.610. The predicted octanol–water partition coefficient (Wildman–Crippen LogP) is 0.767. The average Bonchev–Trinajstić information content (AvgIpc) is 2.80. The Balaban J connectivity index is 2.35. The van der Waals surface area contributed by atoms with E-state index < -0.39 is 18.3 Å². The maximum atomic E-state index is 9.67. The smallest absolute Gasteiger partial charge is 0.128 e. The van der Waals surface area contributed by atoms with Crippen molar-refractivity contribution < 1.29 is 20.1 Å². The summed E-state index contributed by atoms with van der Waals surface area (Å²) in [5.74, 6) is 0. The molecule has 6 heteroatoms. The van der Waals surface area contributed by atoms with Crippen molar-refractivity contribution in [2.45, 2.75) is 56.9 Å². The van der Waals surface area contributed by atoms with Gasteiger partial charge in [0.15, 0.2) is 0 Å². The minimum Gasteiger partial charge on any atom is -0.394 e. The summed E-state index contributed by atoms with van der Waals surface area (Å²) in [6.45, 7) is 3.84. The fourth-order valence-electron chi connectivity index (χ4n) is 1.68. The highest BCUT2D eigenvalue weighted by Gasteiger charge is 2.29. The van der Waals surface area contributed by atoms with Crippen LogP contribution in [0.1, 0.15) is 33.1 Å². The number of rotatable bonds is 8. The summed E-state index contributed by atoms with van der Waals surface area (Å²) in [5, 5.41) is 29.2. The molecule has 0 amide bonds. The van der Waals surface area contributed by atoms with E-state index in [-0.39, 0.29) is 12.0 Å². The van der Waals surface area contributed by atoms with Gasteiger partial charge in [0, 0.05) is 0 Å². The Kier molecular flexibility index (Phi) is 7.18. The maximum absolute atomic E-state index is 9.67. The van der Waals surface area contributed by atoms with E-state index in [1.807, 2.05) is 0 Å². The summed E-state index contributed by atoms with van der Waals surface area (Å²) in [6, 6.07) is 0. The van der Waals surface area contributed by atoms with Crippen LogP contribution in [0, 0.1) is 0 Å². The van der Waals surface area contributed by atoms with Crippen LogP contribution in [0.3, 0.4) is 0 Å². The molecule has 0 radical (unpaired) electrons. The molecule has 0 spiro atoms. The van der Waals surface area contributed by atoms with Crippen molar-refractivity contribution >= 4 is 16.8 Å². The molecule has 0 saturated heterocycles. The van der Waals surface area contributed by atoms with Crippen molar-refractivity contribution in [3.8, 4) is 0 Å². The van der Waals surface area contributed by atoms with Crippen molar-refractivity contribution in [2.24, 2.45) is 4.99 Å². The van der Waals surface area contributed by atoms with Crippen molar-refractivity contribution in [3.05, 3.63) is 0 Å². The number of ether oxygens (including phenoxy) is 1. The van der Waals surface area contributed by atoms with Gasteiger partial charge in [-0.1, -0.05) is 25.1 Å². The molecular formula is C12H23NO4S. The van der Waals surface area contributed by atoms with Gasteiger partial charge in [0.25, 0.3) is 0 Å². The molecule has 0 fully saturated rings. The van der Waals surface area contributed by atoms with Crippen LogP contribution in [-0.4, -0.2) is 57.3 Å². The number of aliphatic hydroxyl groups is 3. The van der Waals surface area contributed by atoms with Crippen molar-refractivity contribution in [3.63, 3.8) is 0 Å². The zero-order valence-electron chi connectivity index (χ0n) is 11.0. The van der Waals surface area contributed by atoms with Gasteiger partial charge < -0.3 is 20.1 Å². The molecule has 0 aliphatic carbocycles. The third-order valence-corrected chi connectivity index (χ3v) is 3.94. The maximum Gasteiger partial charge on any atom is 0.128 e. The number of hydrogen-bond acceptors (Lipinski definition) is 6. The molecule has 0 aromatic rings. The van der Waals surface area contributed by atoms with E-state index in [4.69, 9.17) is 4.74 Å². The van der Waals surface area contributed by atoms with Gasteiger partial charge in [-0.05, 0) is 19.8 Å². The summed E-state index contributed by atoms with van der Waals surface area (Å²) in [6.07, 6.45) is 0.445. The Morgan fingerprint density at radius 3 is 2.78 bits per heavy atom. The molecule has 5 nitrogen and oxygen atoms in total. The molecule has 106 valence electrons. The Morgan fingerprint density at radius 1 is 1.50 bits per heavy atom. The van der Waals surface area contributed by atoms with Crippen molar-refractivity contribution in [1.29, 1.82) is 0 Å². The molecule has 1 unspecified atom stereocenters. The lowest BCUT2D eigenvalue weighted by atomic mass is 10.1. The second kappa shape index (κ2) is 8.12. The van der Waals surface area contributed by atoms with Gasteiger partial charge in [0.2, 0.25) is 0 Å². The Bertz CT molecular complexity index is 273. The largest absolute Gasteiger partial charge is 0.394 e. The summed E-state index contributed by atoms with van der Waals surface area (Å²) < 4.78 is 5.58. The van der Waals surface area contributed by atoms with Crippen LogP contribution in [-0.2, 0) is 4.74 Å². The van der Waals surface area contributed by atoms with Gasteiger partial charge in [-0.2, -0.15) is 0 Å². The van der Waals surface area contributed by atoms with E-state index in [0.717, 1.165) is 24.3 Å². The average molecular weight is 277 g/mol. The third kappa shape index (κ3) is 4.85. The SMILES string of the molecule is CCCCC1=NCC(O[C@H](CO)[C@@H](O)[C@@H](C)O)S1. The van der Waals surface area contributed by atoms with Crippen LogP contribution in [0.2, 0.25) is 0 Å². The van der Waals surface area contributed by atoms with Gasteiger partial charge in [0.1, 0.15) is 17.6 Å². The van der Waals surface area contributed by atoms with Gasteiger partial charge in [-0.25, -0.2) is 0 Å². The van der Waals surface area contributed by atoms with Gasteiger partial charge in [-0.15, -0.1) is 0 Å². The van der Waals surface area contributed by atoms with Crippen LogP contribution in [0.25, 0.3) is 0 Å². The van der Waals surface area contributed by atoms with E-state index in [2.05, 4.69) is 11.9 Å². The molecule has 1 rings (SSSR count).